The van der Waals surface area contributed by atoms with E-state index in [1.807, 2.05) is 18.2 Å². The van der Waals surface area contributed by atoms with Crippen LogP contribution in [-0.2, 0) is 24.1 Å². The first-order valence-corrected chi connectivity index (χ1v) is 11.2. The zero-order valence-electron chi connectivity index (χ0n) is 17.0. The largest absolute Gasteiger partial charge is 0.355 e. The number of hydrogen-bond donors (Lipinski definition) is 2. The third kappa shape index (κ3) is 4.42. The van der Waals surface area contributed by atoms with Crippen LogP contribution in [0.15, 0.2) is 35.1 Å². The minimum absolute atomic E-state index is 0.0187. The summed E-state index contributed by atoms with van der Waals surface area (Å²) in [7, 11) is 0. The van der Waals surface area contributed by atoms with Gasteiger partial charge in [0.25, 0.3) is 5.56 Å². The molecule has 152 valence electrons. The van der Waals surface area contributed by atoms with E-state index in [1.165, 1.54) is 16.0 Å². The first kappa shape index (κ1) is 19.8. The van der Waals surface area contributed by atoms with Crippen molar-refractivity contribution >= 4 is 27.5 Å². The lowest BCUT2D eigenvalue weighted by atomic mass is 9.89. The second kappa shape index (κ2) is 8.49. The van der Waals surface area contributed by atoms with E-state index in [4.69, 9.17) is 0 Å². The molecule has 2 aromatic heterocycles. The van der Waals surface area contributed by atoms with Gasteiger partial charge in [-0.25, -0.2) is 4.98 Å². The molecule has 1 aliphatic rings. The van der Waals surface area contributed by atoms with Crippen LogP contribution in [0.25, 0.3) is 10.2 Å². The average Bonchev–Trinajstić information content (AvgIpc) is 3.08. The standard InChI is InChI=1S/C23H27N3O2S/c1-14-8-9-17-18(12-14)29-23-21(17)22(28)25-19(26-23)10-11-20(27)24-13-15(2)16-6-4-3-5-7-16/h3-7,14-15H,8-13H2,1-2H3,(H,24,27)(H,25,26,28)/t14-,15-/m0/s1. The number of rotatable bonds is 6. The molecule has 0 aliphatic heterocycles. The van der Waals surface area contributed by atoms with Crippen LogP contribution in [0.2, 0.25) is 0 Å². The topological polar surface area (TPSA) is 74.8 Å². The Labute approximate surface area is 174 Å². The number of nitrogens with one attached hydrogen (secondary N) is 2. The van der Waals surface area contributed by atoms with Gasteiger partial charge in [0.15, 0.2) is 0 Å². The van der Waals surface area contributed by atoms with Crippen LogP contribution in [0.4, 0.5) is 0 Å². The van der Waals surface area contributed by atoms with Gasteiger partial charge in [0.05, 0.1) is 5.39 Å². The van der Waals surface area contributed by atoms with Crippen molar-refractivity contribution in [2.45, 2.75) is 51.9 Å². The Bertz CT molecular complexity index is 1070. The number of carbonyl (C=O) groups excluding carboxylic acids is 1. The number of aryl methyl sites for hydroxylation is 2. The molecule has 0 radical (unpaired) electrons. The quantitative estimate of drug-likeness (QED) is 0.647. The maximum absolute atomic E-state index is 12.6. The van der Waals surface area contributed by atoms with Crippen LogP contribution in [-0.4, -0.2) is 22.4 Å². The summed E-state index contributed by atoms with van der Waals surface area (Å²) in [6.45, 7) is 4.96. The third-order valence-electron chi connectivity index (χ3n) is 5.78. The van der Waals surface area contributed by atoms with E-state index in [2.05, 4.69) is 41.3 Å². The molecular weight excluding hydrogens is 382 g/mol. The molecule has 0 spiro atoms. The molecule has 6 heteroatoms. The van der Waals surface area contributed by atoms with Crippen molar-refractivity contribution in [3.8, 4) is 0 Å². The number of benzene rings is 1. The molecule has 0 fully saturated rings. The molecule has 0 unspecified atom stereocenters. The van der Waals surface area contributed by atoms with Gasteiger partial charge >= 0.3 is 0 Å². The van der Waals surface area contributed by atoms with E-state index < -0.39 is 0 Å². The number of H-pyrrole nitrogens is 1. The van der Waals surface area contributed by atoms with Crippen LogP contribution in [0, 0.1) is 5.92 Å². The Kier molecular flexibility index (Phi) is 5.81. The minimum atomic E-state index is -0.0600. The van der Waals surface area contributed by atoms with Crippen molar-refractivity contribution < 1.29 is 4.79 Å². The average molecular weight is 410 g/mol. The van der Waals surface area contributed by atoms with Gasteiger partial charge in [-0.05, 0) is 42.2 Å². The van der Waals surface area contributed by atoms with Crippen molar-refractivity contribution in [2.24, 2.45) is 5.92 Å². The highest BCUT2D eigenvalue weighted by molar-refractivity contribution is 7.18. The number of nitrogens with zero attached hydrogens (tertiary/aromatic N) is 1. The van der Waals surface area contributed by atoms with Gasteiger partial charge in [-0.1, -0.05) is 44.2 Å². The molecule has 2 heterocycles. The second-order valence-corrected chi connectivity index (χ2v) is 9.24. The van der Waals surface area contributed by atoms with Crippen LogP contribution in [0.3, 0.4) is 0 Å². The van der Waals surface area contributed by atoms with Crippen LogP contribution >= 0.6 is 11.3 Å². The maximum Gasteiger partial charge on any atom is 0.259 e. The Balaban J connectivity index is 1.38. The number of hydrogen-bond acceptors (Lipinski definition) is 4. The summed E-state index contributed by atoms with van der Waals surface area (Å²) in [5.74, 6) is 1.50. The molecule has 2 N–H and O–H groups in total. The van der Waals surface area contributed by atoms with E-state index in [9.17, 15) is 9.59 Å². The number of thiophene rings is 1. The molecule has 2 atom stereocenters. The minimum Gasteiger partial charge on any atom is -0.355 e. The van der Waals surface area contributed by atoms with Gasteiger partial charge in [-0.3, -0.25) is 9.59 Å². The number of fused-ring (bicyclic) bond motifs is 3. The third-order valence-corrected chi connectivity index (χ3v) is 6.93. The van der Waals surface area contributed by atoms with Gasteiger partial charge in [0.1, 0.15) is 10.7 Å². The van der Waals surface area contributed by atoms with Crippen LogP contribution < -0.4 is 10.9 Å². The van der Waals surface area contributed by atoms with E-state index >= 15 is 0 Å². The summed E-state index contributed by atoms with van der Waals surface area (Å²) in [5.41, 5.74) is 2.34. The Hall–Kier alpha value is -2.47. The highest BCUT2D eigenvalue weighted by Crippen LogP contribution is 2.35. The number of amides is 1. The van der Waals surface area contributed by atoms with Gasteiger partial charge in [0.2, 0.25) is 5.91 Å². The fourth-order valence-corrected chi connectivity index (χ4v) is 5.40. The first-order valence-electron chi connectivity index (χ1n) is 10.4. The molecule has 1 aromatic carbocycles. The van der Waals surface area contributed by atoms with Gasteiger partial charge in [-0.15, -0.1) is 11.3 Å². The summed E-state index contributed by atoms with van der Waals surface area (Å²) in [4.78, 5) is 34.6. The predicted octanol–water partition coefficient (Wildman–Crippen LogP) is 3.96. The fraction of sp³-hybridized carbons (Fsp3) is 0.435. The monoisotopic (exact) mass is 409 g/mol. The van der Waals surface area contributed by atoms with Crippen molar-refractivity contribution in [1.29, 1.82) is 0 Å². The Morgan fingerprint density at radius 1 is 1.34 bits per heavy atom. The van der Waals surface area contributed by atoms with E-state index in [0.29, 0.717) is 31.1 Å². The van der Waals surface area contributed by atoms with Crippen molar-refractivity contribution in [1.82, 2.24) is 15.3 Å². The molecule has 1 amide bonds. The lowest BCUT2D eigenvalue weighted by molar-refractivity contribution is -0.121. The maximum atomic E-state index is 12.6. The second-order valence-electron chi connectivity index (χ2n) is 8.16. The molecule has 0 bridgehead atoms. The molecule has 5 nitrogen and oxygen atoms in total. The highest BCUT2D eigenvalue weighted by Gasteiger charge is 2.23. The number of aromatic nitrogens is 2. The van der Waals surface area contributed by atoms with Crippen molar-refractivity contribution in [2.75, 3.05) is 6.54 Å². The van der Waals surface area contributed by atoms with Gasteiger partial charge in [-0.2, -0.15) is 0 Å². The van der Waals surface area contributed by atoms with Crippen molar-refractivity contribution in [3.05, 3.63) is 62.5 Å². The SMILES string of the molecule is C[C@H]1CCc2c(sc3nc(CCC(=O)NC[C@H](C)c4ccccc4)[nH]c(=O)c23)C1. The van der Waals surface area contributed by atoms with Gasteiger partial charge < -0.3 is 10.3 Å². The smallest absolute Gasteiger partial charge is 0.259 e. The zero-order chi connectivity index (χ0) is 20.4. The summed E-state index contributed by atoms with van der Waals surface area (Å²) >= 11 is 1.65. The van der Waals surface area contributed by atoms with E-state index in [1.54, 1.807) is 11.3 Å². The Morgan fingerprint density at radius 3 is 2.93 bits per heavy atom. The summed E-state index contributed by atoms with van der Waals surface area (Å²) in [5, 5.41) is 3.76. The van der Waals surface area contributed by atoms with Crippen molar-refractivity contribution in [3.63, 3.8) is 0 Å². The van der Waals surface area contributed by atoms with E-state index in [-0.39, 0.29) is 17.4 Å². The fourth-order valence-electron chi connectivity index (χ4n) is 4.00. The number of carbonyl (C=O) groups is 1. The molecule has 29 heavy (non-hydrogen) atoms. The summed E-state index contributed by atoms with van der Waals surface area (Å²) in [6, 6.07) is 10.2. The molecule has 4 rings (SSSR count). The van der Waals surface area contributed by atoms with Gasteiger partial charge in [0, 0.05) is 24.3 Å². The zero-order valence-corrected chi connectivity index (χ0v) is 17.8. The molecule has 0 saturated heterocycles. The van der Waals surface area contributed by atoms with Crippen LogP contribution in [0.5, 0.6) is 0 Å². The summed E-state index contributed by atoms with van der Waals surface area (Å²) in [6.07, 6.45) is 3.88. The first-order chi connectivity index (χ1) is 14.0. The lowest BCUT2D eigenvalue weighted by Gasteiger charge is -2.17. The Morgan fingerprint density at radius 2 is 2.14 bits per heavy atom. The number of aromatic amines is 1. The molecule has 3 aromatic rings. The lowest BCUT2D eigenvalue weighted by Crippen LogP contribution is -2.28. The summed E-state index contributed by atoms with van der Waals surface area (Å²) < 4.78 is 0. The predicted molar refractivity (Wildman–Crippen MR) is 118 cm³/mol. The molecule has 1 aliphatic carbocycles. The highest BCUT2D eigenvalue weighted by atomic mass is 32.1. The molecular formula is C23H27N3O2S. The molecule has 0 saturated carbocycles. The van der Waals surface area contributed by atoms with Crippen LogP contribution in [0.1, 0.15) is 54.4 Å². The van der Waals surface area contributed by atoms with E-state index in [0.717, 1.165) is 29.5 Å². The normalized spacial score (nSPS) is 17.1.